The summed E-state index contributed by atoms with van der Waals surface area (Å²) in [5.41, 5.74) is 0.145. The zero-order valence-electron chi connectivity index (χ0n) is 6.26. The van der Waals surface area contributed by atoms with Crippen LogP contribution in [-0.2, 0) is 0 Å². The van der Waals surface area contributed by atoms with Crippen LogP contribution in [0.5, 0.6) is 0 Å². The number of allylic oxidation sites excluding steroid dienone is 1. The highest BCUT2D eigenvalue weighted by molar-refractivity contribution is 5.14. The lowest BCUT2D eigenvalue weighted by molar-refractivity contribution is 0.232. The predicted octanol–water partition coefficient (Wildman–Crippen LogP) is 1.58. The van der Waals surface area contributed by atoms with Crippen molar-refractivity contribution in [2.75, 3.05) is 0 Å². The molecule has 2 atom stereocenters. The van der Waals surface area contributed by atoms with Crippen molar-refractivity contribution in [3.8, 4) is 0 Å². The van der Waals surface area contributed by atoms with E-state index in [1.807, 2.05) is 13.0 Å². The van der Waals surface area contributed by atoms with Gasteiger partial charge in [0, 0.05) is 11.3 Å². The summed E-state index contributed by atoms with van der Waals surface area (Å²) in [6, 6.07) is 0. The van der Waals surface area contributed by atoms with Crippen molar-refractivity contribution in [3.63, 3.8) is 0 Å². The van der Waals surface area contributed by atoms with E-state index in [9.17, 15) is 5.11 Å². The maximum absolute atomic E-state index is 9.23. The highest BCUT2D eigenvalue weighted by Crippen LogP contribution is 2.52. The Balaban J connectivity index is 2.52. The Hall–Kier alpha value is -0.300. The number of rotatable bonds is 1. The third-order valence-electron chi connectivity index (χ3n) is 2.25. The number of aliphatic hydroxyl groups excluding tert-OH is 1. The highest BCUT2D eigenvalue weighted by Gasteiger charge is 2.55. The Labute approximate surface area is 56.4 Å². The standard InChI is InChI=1S/C8H14O/c1-4-5-6-7(9)8(6,2)3/h4-7,9H,1-3H3/b5-4+. The number of hydrogen-bond acceptors (Lipinski definition) is 1. The van der Waals surface area contributed by atoms with Gasteiger partial charge < -0.3 is 5.11 Å². The Morgan fingerprint density at radius 3 is 2.00 bits per heavy atom. The third kappa shape index (κ3) is 0.897. The molecular weight excluding hydrogens is 112 g/mol. The van der Waals surface area contributed by atoms with E-state index in [0.29, 0.717) is 5.92 Å². The molecule has 1 fully saturated rings. The average molecular weight is 126 g/mol. The van der Waals surface area contributed by atoms with E-state index in [1.54, 1.807) is 0 Å². The van der Waals surface area contributed by atoms with Gasteiger partial charge in [0.05, 0.1) is 6.10 Å². The van der Waals surface area contributed by atoms with Gasteiger partial charge in [0.15, 0.2) is 0 Å². The fourth-order valence-corrected chi connectivity index (χ4v) is 1.21. The zero-order chi connectivity index (χ0) is 7.07. The first-order chi connectivity index (χ1) is 4.10. The fraction of sp³-hybridized carbons (Fsp3) is 0.750. The summed E-state index contributed by atoms with van der Waals surface area (Å²) >= 11 is 0. The lowest BCUT2D eigenvalue weighted by Crippen LogP contribution is -1.91. The van der Waals surface area contributed by atoms with Gasteiger partial charge in [-0.3, -0.25) is 0 Å². The van der Waals surface area contributed by atoms with Gasteiger partial charge in [0.1, 0.15) is 0 Å². The van der Waals surface area contributed by atoms with Crippen molar-refractivity contribution in [2.24, 2.45) is 11.3 Å². The van der Waals surface area contributed by atoms with Crippen LogP contribution in [0.4, 0.5) is 0 Å². The second-order valence-corrected chi connectivity index (χ2v) is 3.32. The lowest BCUT2D eigenvalue weighted by atomic mass is 10.1. The summed E-state index contributed by atoms with van der Waals surface area (Å²) in [6.45, 7) is 6.16. The molecule has 0 radical (unpaired) electrons. The molecule has 0 spiro atoms. The zero-order valence-corrected chi connectivity index (χ0v) is 6.26. The van der Waals surface area contributed by atoms with E-state index < -0.39 is 0 Å². The van der Waals surface area contributed by atoms with Crippen LogP contribution in [-0.4, -0.2) is 11.2 Å². The first-order valence-electron chi connectivity index (χ1n) is 3.41. The minimum absolute atomic E-state index is 0.103. The Bertz CT molecular complexity index is 136. The summed E-state index contributed by atoms with van der Waals surface area (Å²) in [7, 11) is 0. The van der Waals surface area contributed by atoms with Gasteiger partial charge in [0.2, 0.25) is 0 Å². The molecular formula is C8H14O. The highest BCUT2D eigenvalue weighted by atomic mass is 16.3. The van der Waals surface area contributed by atoms with Gasteiger partial charge in [-0.05, 0) is 6.92 Å². The third-order valence-corrected chi connectivity index (χ3v) is 2.25. The van der Waals surface area contributed by atoms with Crippen LogP contribution in [0.1, 0.15) is 20.8 Å². The monoisotopic (exact) mass is 126 g/mol. The van der Waals surface area contributed by atoms with Gasteiger partial charge in [-0.25, -0.2) is 0 Å². The van der Waals surface area contributed by atoms with Crippen molar-refractivity contribution in [1.82, 2.24) is 0 Å². The summed E-state index contributed by atoms with van der Waals surface area (Å²) in [5, 5.41) is 9.23. The van der Waals surface area contributed by atoms with Gasteiger partial charge >= 0.3 is 0 Å². The molecule has 0 saturated heterocycles. The van der Waals surface area contributed by atoms with E-state index in [4.69, 9.17) is 0 Å². The lowest BCUT2D eigenvalue weighted by Gasteiger charge is -1.93. The SMILES string of the molecule is C/C=C/C1C(O)C1(C)C. The largest absolute Gasteiger partial charge is 0.392 e. The molecule has 0 aliphatic heterocycles. The Kier molecular flexibility index (Phi) is 1.39. The van der Waals surface area contributed by atoms with Crippen molar-refractivity contribution in [1.29, 1.82) is 0 Å². The quantitative estimate of drug-likeness (QED) is 0.529. The summed E-state index contributed by atoms with van der Waals surface area (Å²) in [6.07, 6.45) is 3.97. The Morgan fingerprint density at radius 2 is 1.89 bits per heavy atom. The van der Waals surface area contributed by atoms with Gasteiger partial charge in [-0.2, -0.15) is 0 Å². The van der Waals surface area contributed by atoms with Gasteiger partial charge in [0.25, 0.3) is 0 Å². The molecule has 1 aliphatic rings. The molecule has 1 nitrogen and oxygen atoms in total. The van der Waals surface area contributed by atoms with Crippen LogP contribution < -0.4 is 0 Å². The van der Waals surface area contributed by atoms with Gasteiger partial charge in [-0.1, -0.05) is 26.0 Å². The minimum atomic E-state index is -0.103. The average Bonchev–Trinajstić information content (AvgIpc) is 2.19. The summed E-state index contributed by atoms with van der Waals surface area (Å²) < 4.78 is 0. The van der Waals surface area contributed by atoms with Crippen molar-refractivity contribution in [2.45, 2.75) is 26.9 Å². The first-order valence-corrected chi connectivity index (χ1v) is 3.41. The molecule has 9 heavy (non-hydrogen) atoms. The van der Waals surface area contributed by atoms with E-state index in [0.717, 1.165) is 0 Å². The number of aliphatic hydroxyl groups is 1. The van der Waals surface area contributed by atoms with Crippen LogP contribution in [0.15, 0.2) is 12.2 Å². The molecule has 1 rings (SSSR count). The number of hydrogen-bond donors (Lipinski definition) is 1. The molecule has 2 unspecified atom stereocenters. The predicted molar refractivity (Wildman–Crippen MR) is 38.1 cm³/mol. The maximum Gasteiger partial charge on any atom is 0.0666 e. The van der Waals surface area contributed by atoms with E-state index in [-0.39, 0.29) is 11.5 Å². The molecule has 1 N–H and O–H groups in total. The maximum atomic E-state index is 9.23. The molecule has 0 aromatic heterocycles. The van der Waals surface area contributed by atoms with Gasteiger partial charge in [-0.15, -0.1) is 0 Å². The van der Waals surface area contributed by atoms with E-state index in [1.165, 1.54) is 0 Å². The molecule has 0 amide bonds. The second-order valence-electron chi connectivity index (χ2n) is 3.32. The molecule has 0 aromatic carbocycles. The molecule has 1 aliphatic carbocycles. The smallest absolute Gasteiger partial charge is 0.0666 e. The Morgan fingerprint density at radius 1 is 1.44 bits per heavy atom. The summed E-state index contributed by atoms with van der Waals surface area (Å²) in [4.78, 5) is 0. The minimum Gasteiger partial charge on any atom is -0.392 e. The van der Waals surface area contributed by atoms with Crippen molar-refractivity contribution < 1.29 is 5.11 Å². The molecule has 1 saturated carbocycles. The summed E-state index contributed by atoms with van der Waals surface area (Å²) in [5.74, 6) is 0.405. The molecule has 52 valence electrons. The fourth-order valence-electron chi connectivity index (χ4n) is 1.21. The van der Waals surface area contributed by atoms with Crippen LogP contribution in [0.3, 0.4) is 0 Å². The molecule has 0 aromatic rings. The first kappa shape index (κ1) is 6.81. The van der Waals surface area contributed by atoms with Crippen molar-refractivity contribution in [3.05, 3.63) is 12.2 Å². The van der Waals surface area contributed by atoms with E-state index >= 15 is 0 Å². The van der Waals surface area contributed by atoms with Crippen molar-refractivity contribution >= 4 is 0 Å². The molecule has 1 heteroatoms. The molecule has 0 bridgehead atoms. The normalized spacial score (nSPS) is 39.6. The van der Waals surface area contributed by atoms with E-state index in [2.05, 4.69) is 19.9 Å². The topological polar surface area (TPSA) is 20.2 Å². The second kappa shape index (κ2) is 1.84. The van der Waals surface area contributed by atoms with Crippen LogP contribution in [0, 0.1) is 11.3 Å². The van der Waals surface area contributed by atoms with Crippen LogP contribution in [0.2, 0.25) is 0 Å². The van der Waals surface area contributed by atoms with Crippen LogP contribution >= 0.6 is 0 Å². The molecule has 0 heterocycles. The van der Waals surface area contributed by atoms with Crippen LogP contribution in [0.25, 0.3) is 0 Å².